The molecule has 0 N–H and O–H groups in total. The standard InChI is InChI=1S/C14H28N2O2/c1-7-9-15(10-8-2)13(17)14(18)16(11(3)4)12(5)6/h11-12H,7-10H2,1-6H3. The van der Waals surface area contributed by atoms with Crippen molar-refractivity contribution in [1.29, 1.82) is 0 Å². The van der Waals surface area contributed by atoms with E-state index in [1.807, 2.05) is 41.5 Å². The van der Waals surface area contributed by atoms with Crippen LogP contribution in [0.3, 0.4) is 0 Å². The molecule has 4 nitrogen and oxygen atoms in total. The summed E-state index contributed by atoms with van der Waals surface area (Å²) in [6.45, 7) is 13.1. The fourth-order valence-corrected chi connectivity index (χ4v) is 2.17. The molecule has 0 saturated heterocycles. The average Bonchev–Trinajstić information content (AvgIpc) is 2.26. The molecule has 4 heteroatoms. The predicted octanol–water partition coefficient (Wildman–Crippen LogP) is 2.28. The van der Waals surface area contributed by atoms with Crippen molar-refractivity contribution < 1.29 is 9.59 Å². The van der Waals surface area contributed by atoms with Crippen molar-refractivity contribution in [3.8, 4) is 0 Å². The van der Waals surface area contributed by atoms with Gasteiger partial charge in [-0.3, -0.25) is 9.59 Å². The second-order valence-corrected chi connectivity index (χ2v) is 5.19. The first-order chi connectivity index (χ1) is 8.36. The number of carbonyl (C=O) groups excluding carboxylic acids is 2. The lowest BCUT2D eigenvalue weighted by Crippen LogP contribution is -2.50. The minimum atomic E-state index is -0.373. The van der Waals surface area contributed by atoms with Crippen molar-refractivity contribution >= 4 is 11.8 Å². The Kier molecular flexibility index (Phi) is 7.64. The molecule has 0 fully saturated rings. The molecule has 106 valence electrons. The summed E-state index contributed by atoms with van der Waals surface area (Å²) in [5.74, 6) is -0.733. The number of hydrogen-bond acceptors (Lipinski definition) is 2. The summed E-state index contributed by atoms with van der Waals surface area (Å²) in [4.78, 5) is 27.8. The summed E-state index contributed by atoms with van der Waals surface area (Å²) in [6.07, 6.45) is 1.75. The van der Waals surface area contributed by atoms with E-state index >= 15 is 0 Å². The molecule has 0 heterocycles. The van der Waals surface area contributed by atoms with Gasteiger partial charge < -0.3 is 9.80 Å². The van der Waals surface area contributed by atoms with Crippen LogP contribution in [0.25, 0.3) is 0 Å². The van der Waals surface area contributed by atoms with Crippen LogP contribution in [0.5, 0.6) is 0 Å². The molecular formula is C14H28N2O2. The highest BCUT2D eigenvalue weighted by atomic mass is 16.2. The molecule has 18 heavy (non-hydrogen) atoms. The lowest BCUT2D eigenvalue weighted by Gasteiger charge is -2.32. The van der Waals surface area contributed by atoms with E-state index in [1.165, 1.54) is 0 Å². The third-order valence-electron chi connectivity index (χ3n) is 2.80. The minimum Gasteiger partial charge on any atom is -0.334 e. The van der Waals surface area contributed by atoms with Gasteiger partial charge in [0.15, 0.2) is 0 Å². The second kappa shape index (κ2) is 8.11. The van der Waals surface area contributed by atoms with Gasteiger partial charge >= 0.3 is 11.8 Å². The van der Waals surface area contributed by atoms with Crippen molar-refractivity contribution in [1.82, 2.24) is 9.80 Å². The van der Waals surface area contributed by atoms with Gasteiger partial charge in [0.1, 0.15) is 0 Å². The molecule has 0 rings (SSSR count). The first-order valence-corrected chi connectivity index (χ1v) is 6.98. The minimum absolute atomic E-state index is 0.0477. The molecule has 0 spiro atoms. The fourth-order valence-electron chi connectivity index (χ4n) is 2.17. The summed E-state index contributed by atoms with van der Waals surface area (Å²) in [5, 5.41) is 0. The Balaban J connectivity index is 4.86. The molecule has 0 aliphatic carbocycles. The van der Waals surface area contributed by atoms with Gasteiger partial charge in [-0.05, 0) is 40.5 Å². The number of nitrogens with zero attached hydrogens (tertiary/aromatic N) is 2. The van der Waals surface area contributed by atoms with Crippen LogP contribution in [0.15, 0.2) is 0 Å². The van der Waals surface area contributed by atoms with E-state index in [0.29, 0.717) is 13.1 Å². The Bertz CT molecular complexity index is 261. The molecular weight excluding hydrogens is 228 g/mol. The van der Waals surface area contributed by atoms with Crippen molar-refractivity contribution in [2.45, 2.75) is 66.5 Å². The van der Waals surface area contributed by atoms with E-state index in [9.17, 15) is 9.59 Å². The summed E-state index contributed by atoms with van der Waals surface area (Å²) >= 11 is 0. The van der Waals surface area contributed by atoms with Crippen LogP contribution < -0.4 is 0 Å². The summed E-state index contributed by atoms with van der Waals surface area (Å²) in [6, 6.07) is 0.0955. The van der Waals surface area contributed by atoms with E-state index in [1.54, 1.807) is 9.80 Å². The molecule has 0 radical (unpaired) electrons. The Labute approximate surface area is 111 Å². The van der Waals surface area contributed by atoms with Crippen LogP contribution >= 0.6 is 0 Å². The fraction of sp³-hybridized carbons (Fsp3) is 0.857. The second-order valence-electron chi connectivity index (χ2n) is 5.19. The van der Waals surface area contributed by atoms with E-state index in [2.05, 4.69) is 0 Å². The SMILES string of the molecule is CCCN(CCC)C(=O)C(=O)N(C(C)C)C(C)C. The van der Waals surface area contributed by atoms with Gasteiger partial charge in [-0.15, -0.1) is 0 Å². The highest BCUT2D eigenvalue weighted by Gasteiger charge is 2.29. The van der Waals surface area contributed by atoms with Crippen molar-refractivity contribution in [2.75, 3.05) is 13.1 Å². The zero-order chi connectivity index (χ0) is 14.3. The molecule has 0 saturated carbocycles. The highest BCUT2D eigenvalue weighted by Crippen LogP contribution is 2.08. The number of rotatable bonds is 6. The molecule has 0 aliphatic rings. The van der Waals surface area contributed by atoms with Gasteiger partial charge in [0.25, 0.3) is 0 Å². The van der Waals surface area contributed by atoms with Gasteiger partial charge in [0.2, 0.25) is 0 Å². The molecule has 0 aromatic heterocycles. The Hall–Kier alpha value is -1.06. The van der Waals surface area contributed by atoms with Gasteiger partial charge in [-0.2, -0.15) is 0 Å². The first kappa shape index (κ1) is 16.9. The van der Waals surface area contributed by atoms with Gasteiger partial charge in [-0.1, -0.05) is 13.8 Å². The summed E-state index contributed by atoms with van der Waals surface area (Å²) in [7, 11) is 0. The van der Waals surface area contributed by atoms with Crippen molar-refractivity contribution in [3.05, 3.63) is 0 Å². The molecule has 0 aromatic carbocycles. The zero-order valence-corrected chi connectivity index (χ0v) is 12.7. The van der Waals surface area contributed by atoms with Crippen LogP contribution in [0.2, 0.25) is 0 Å². The highest BCUT2D eigenvalue weighted by molar-refractivity contribution is 6.35. The van der Waals surface area contributed by atoms with Gasteiger partial charge in [0.05, 0.1) is 0 Å². The predicted molar refractivity (Wildman–Crippen MR) is 74.3 cm³/mol. The lowest BCUT2D eigenvalue weighted by atomic mass is 10.2. The normalized spacial score (nSPS) is 10.9. The van der Waals surface area contributed by atoms with Crippen LogP contribution in [-0.2, 0) is 9.59 Å². The van der Waals surface area contributed by atoms with Crippen LogP contribution in [0, 0.1) is 0 Å². The number of hydrogen-bond donors (Lipinski definition) is 0. The molecule has 0 aromatic rings. The van der Waals surface area contributed by atoms with E-state index in [0.717, 1.165) is 12.8 Å². The zero-order valence-electron chi connectivity index (χ0n) is 12.7. The maximum absolute atomic E-state index is 12.3. The average molecular weight is 256 g/mol. The van der Waals surface area contributed by atoms with Crippen molar-refractivity contribution in [3.63, 3.8) is 0 Å². The van der Waals surface area contributed by atoms with Crippen LogP contribution in [0.4, 0.5) is 0 Å². The van der Waals surface area contributed by atoms with E-state index in [-0.39, 0.29) is 23.9 Å². The Morgan fingerprint density at radius 2 is 1.22 bits per heavy atom. The van der Waals surface area contributed by atoms with Crippen molar-refractivity contribution in [2.24, 2.45) is 0 Å². The summed E-state index contributed by atoms with van der Waals surface area (Å²) in [5.41, 5.74) is 0. The Morgan fingerprint density at radius 3 is 1.50 bits per heavy atom. The van der Waals surface area contributed by atoms with Gasteiger partial charge in [-0.25, -0.2) is 0 Å². The molecule has 0 atom stereocenters. The maximum atomic E-state index is 12.3. The number of carbonyl (C=O) groups is 2. The van der Waals surface area contributed by atoms with E-state index in [4.69, 9.17) is 0 Å². The lowest BCUT2D eigenvalue weighted by molar-refractivity contribution is -0.154. The van der Waals surface area contributed by atoms with E-state index < -0.39 is 0 Å². The first-order valence-electron chi connectivity index (χ1n) is 6.98. The smallest absolute Gasteiger partial charge is 0.312 e. The van der Waals surface area contributed by atoms with Gasteiger partial charge in [0, 0.05) is 25.2 Å². The molecule has 0 unspecified atom stereocenters. The third kappa shape index (κ3) is 4.67. The molecule has 0 bridgehead atoms. The summed E-state index contributed by atoms with van der Waals surface area (Å²) < 4.78 is 0. The topological polar surface area (TPSA) is 40.6 Å². The van der Waals surface area contributed by atoms with Crippen LogP contribution in [0.1, 0.15) is 54.4 Å². The quantitative estimate of drug-likeness (QED) is 0.684. The number of amides is 2. The molecule has 0 aliphatic heterocycles. The Morgan fingerprint density at radius 1 is 0.833 bits per heavy atom. The molecule has 2 amide bonds. The monoisotopic (exact) mass is 256 g/mol. The van der Waals surface area contributed by atoms with Crippen LogP contribution in [-0.4, -0.2) is 46.8 Å². The maximum Gasteiger partial charge on any atom is 0.312 e. The third-order valence-corrected chi connectivity index (χ3v) is 2.80. The largest absolute Gasteiger partial charge is 0.334 e.